The third-order valence-electron chi connectivity index (χ3n) is 4.04. The topological polar surface area (TPSA) is 49.3 Å². The summed E-state index contributed by atoms with van der Waals surface area (Å²) in [7, 11) is 0. The van der Waals surface area contributed by atoms with Gasteiger partial charge in [0.15, 0.2) is 0 Å². The normalized spacial score (nSPS) is 24.7. The number of aliphatic hydroxyl groups excluding tert-OH is 1. The van der Waals surface area contributed by atoms with Crippen LogP contribution in [-0.4, -0.2) is 22.8 Å². The van der Waals surface area contributed by atoms with Crippen molar-refractivity contribution in [3.8, 4) is 0 Å². The molecular weight excluding hydrogens is 258 g/mol. The van der Waals surface area contributed by atoms with Crippen LogP contribution in [0.4, 0.5) is 0 Å². The Hall–Kier alpha value is -1.00. The van der Waals surface area contributed by atoms with E-state index in [-0.39, 0.29) is 11.9 Å². The lowest BCUT2D eigenvalue weighted by molar-refractivity contribution is -0.122. The van der Waals surface area contributed by atoms with E-state index in [1.54, 1.807) is 0 Å². The lowest BCUT2D eigenvalue weighted by Crippen LogP contribution is -2.41. The maximum Gasteiger partial charge on any atom is 0.220 e. The van der Waals surface area contributed by atoms with Crippen molar-refractivity contribution < 1.29 is 9.90 Å². The first-order valence-corrected chi connectivity index (χ1v) is 7.93. The molecular formula is C15H19NO2S. The smallest absolute Gasteiger partial charge is 0.220 e. The second-order valence-corrected chi connectivity index (χ2v) is 6.41. The van der Waals surface area contributed by atoms with Crippen LogP contribution in [0.15, 0.2) is 17.0 Å². The molecule has 1 aliphatic heterocycles. The largest absolute Gasteiger partial charge is 0.386 e. The van der Waals surface area contributed by atoms with Gasteiger partial charge in [-0.3, -0.25) is 4.79 Å². The molecule has 1 aromatic carbocycles. The minimum absolute atomic E-state index is 0.0167. The fourth-order valence-electron chi connectivity index (χ4n) is 2.93. The second-order valence-electron chi connectivity index (χ2n) is 5.27. The molecule has 1 unspecified atom stereocenters. The fraction of sp³-hybridized carbons (Fsp3) is 0.533. The maximum atomic E-state index is 11.5. The van der Waals surface area contributed by atoms with E-state index in [4.69, 9.17) is 0 Å². The monoisotopic (exact) mass is 277 g/mol. The fourth-order valence-corrected chi connectivity index (χ4v) is 4.03. The second kappa shape index (κ2) is 5.17. The van der Waals surface area contributed by atoms with Crippen molar-refractivity contribution >= 4 is 17.7 Å². The van der Waals surface area contributed by atoms with E-state index < -0.39 is 6.10 Å². The molecule has 0 fully saturated rings. The highest BCUT2D eigenvalue weighted by molar-refractivity contribution is 7.99. The Kier molecular flexibility index (Phi) is 3.54. The van der Waals surface area contributed by atoms with Gasteiger partial charge in [-0.25, -0.2) is 0 Å². The van der Waals surface area contributed by atoms with Gasteiger partial charge in [0.2, 0.25) is 5.91 Å². The number of hydrogen-bond donors (Lipinski definition) is 2. The SMILES string of the molecule is CCC(=O)NC1CCc2cc3c(cc2[C@H]1O)SCC3. The Morgan fingerprint density at radius 3 is 3.05 bits per heavy atom. The Morgan fingerprint density at radius 1 is 1.42 bits per heavy atom. The predicted octanol–water partition coefficient (Wildman–Crippen LogP) is 2.21. The number of amides is 1. The zero-order valence-electron chi connectivity index (χ0n) is 11.1. The number of carbonyl (C=O) groups excluding carboxylic acids is 1. The lowest BCUT2D eigenvalue weighted by atomic mass is 9.84. The molecule has 3 nitrogen and oxygen atoms in total. The summed E-state index contributed by atoms with van der Waals surface area (Å²) in [4.78, 5) is 12.8. The number of aryl methyl sites for hydroxylation is 2. The van der Waals surface area contributed by atoms with Gasteiger partial charge in [-0.05, 0) is 42.0 Å². The number of rotatable bonds is 2. The molecule has 1 aromatic rings. The summed E-state index contributed by atoms with van der Waals surface area (Å²) in [6.45, 7) is 1.84. The predicted molar refractivity (Wildman–Crippen MR) is 76.4 cm³/mol. The third-order valence-corrected chi connectivity index (χ3v) is 5.14. The van der Waals surface area contributed by atoms with Crippen LogP contribution in [0.1, 0.15) is 42.6 Å². The number of benzene rings is 1. The van der Waals surface area contributed by atoms with Crippen molar-refractivity contribution in [1.29, 1.82) is 0 Å². The van der Waals surface area contributed by atoms with Crippen LogP contribution >= 0.6 is 11.8 Å². The first kappa shape index (κ1) is 13.0. The summed E-state index contributed by atoms with van der Waals surface area (Å²) >= 11 is 1.86. The standard InChI is InChI=1S/C15H19NO2S/c1-2-14(17)16-12-4-3-9-7-10-5-6-19-13(10)8-11(9)15(12)18/h7-8,12,15,18H,2-6H2,1H3,(H,16,17)/t12?,15-/m1/s1. The van der Waals surface area contributed by atoms with Crippen molar-refractivity contribution in [3.05, 3.63) is 28.8 Å². The highest BCUT2D eigenvalue weighted by Crippen LogP contribution is 2.38. The highest BCUT2D eigenvalue weighted by Gasteiger charge is 2.30. The molecule has 1 aliphatic carbocycles. The first-order valence-electron chi connectivity index (χ1n) is 6.95. The Bertz CT molecular complexity index is 515. The van der Waals surface area contributed by atoms with Gasteiger partial charge in [-0.1, -0.05) is 13.0 Å². The van der Waals surface area contributed by atoms with Gasteiger partial charge in [0.25, 0.3) is 0 Å². The summed E-state index contributed by atoms with van der Waals surface area (Å²) in [5.41, 5.74) is 3.70. The number of thioether (sulfide) groups is 1. The summed E-state index contributed by atoms with van der Waals surface area (Å²) in [6, 6.07) is 4.26. The van der Waals surface area contributed by atoms with Crippen molar-refractivity contribution in [2.75, 3.05) is 5.75 Å². The zero-order chi connectivity index (χ0) is 13.4. The molecule has 2 aliphatic rings. The van der Waals surface area contributed by atoms with E-state index in [1.165, 1.54) is 16.0 Å². The zero-order valence-corrected chi connectivity index (χ0v) is 11.9. The van der Waals surface area contributed by atoms with Crippen LogP contribution in [0.3, 0.4) is 0 Å². The van der Waals surface area contributed by atoms with Gasteiger partial charge in [0.05, 0.1) is 12.1 Å². The number of hydrogen-bond acceptors (Lipinski definition) is 3. The molecule has 2 atom stereocenters. The van der Waals surface area contributed by atoms with Crippen LogP contribution < -0.4 is 5.32 Å². The van der Waals surface area contributed by atoms with Crippen molar-refractivity contribution in [3.63, 3.8) is 0 Å². The van der Waals surface area contributed by atoms with Gasteiger partial charge in [-0.15, -0.1) is 11.8 Å². The quantitative estimate of drug-likeness (QED) is 0.871. The van der Waals surface area contributed by atoms with Crippen molar-refractivity contribution in [1.82, 2.24) is 5.32 Å². The minimum Gasteiger partial charge on any atom is -0.386 e. The van der Waals surface area contributed by atoms with Crippen LogP contribution in [0.25, 0.3) is 0 Å². The van der Waals surface area contributed by atoms with Crippen LogP contribution in [0, 0.1) is 0 Å². The molecule has 1 heterocycles. The van der Waals surface area contributed by atoms with E-state index in [9.17, 15) is 9.90 Å². The van der Waals surface area contributed by atoms with Crippen LogP contribution in [0.2, 0.25) is 0 Å². The molecule has 4 heteroatoms. The molecule has 0 saturated heterocycles. The van der Waals surface area contributed by atoms with Crippen LogP contribution in [0.5, 0.6) is 0 Å². The highest BCUT2D eigenvalue weighted by atomic mass is 32.2. The number of nitrogens with one attached hydrogen (secondary N) is 1. The number of aliphatic hydroxyl groups is 1. The van der Waals surface area contributed by atoms with E-state index in [2.05, 4.69) is 17.4 Å². The van der Waals surface area contributed by atoms with E-state index >= 15 is 0 Å². The van der Waals surface area contributed by atoms with Gasteiger partial charge < -0.3 is 10.4 Å². The van der Waals surface area contributed by atoms with Gasteiger partial charge >= 0.3 is 0 Å². The molecule has 19 heavy (non-hydrogen) atoms. The molecule has 102 valence electrons. The molecule has 0 bridgehead atoms. The van der Waals surface area contributed by atoms with Gasteiger partial charge in [-0.2, -0.15) is 0 Å². The molecule has 2 N–H and O–H groups in total. The number of carbonyl (C=O) groups is 1. The van der Waals surface area contributed by atoms with Crippen LogP contribution in [-0.2, 0) is 17.6 Å². The summed E-state index contributed by atoms with van der Waals surface area (Å²) in [6.07, 6.45) is 2.81. The molecule has 0 saturated carbocycles. The van der Waals surface area contributed by atoms with E-state index in [0.29, 0.717) is 6.42 Å². The van der Waals surface area contributed by atoms with Crippen molar-refractivity contribution in [2.45, 2.75) is 49.6 Å². The molecule has 0 radical (unpaired) electrons. The van der Waals surface area contributed by atoms with Gasteiger partial charge in [0, 0.05) is 17.1 Å². The Balaban J connectivity index is 1.86. The average Bonchev–Trinajstić information content (AvgIpc) is 2.87. The Morgan fingerprint density at radius 2 is 2.26 bits per heavy atom. The molecule has 0 aromatic heterocycles. The first-order chi connectivity index (χ1) is 9.19. The summed E-state index contributed by atoms with van der Waals surface area (Å²) in [5.74, 6) is 1.16. The number of fused-ring (bicyclic) bond motifs is 2. The average molecular weight is 277 g/mol. The van der Waals surface area contributed by atoms with Gasteiger partial charge in [0.1, 0.15) is 0 Å². The summed E-state index contributed by atoms with van der Waals surface area (Å²) < 4.78 is 0. The Labute approximate surface area is 117 Å². The molecule has 0 spiro atoms. The maximum absolute atomic E-state index is 11.5. The summed E-state index contributed by atoms with van der Waals surface area (Å²) in [5, 5.41) is 13.4. The van der Waals surface area contributed by atoms with E-state index in [1.807, 2.05) is 18.7 Å². The minimum atomic E-state index is -0.564. The molecule has 3 rings (SSSR count). The lowest BCUT2D eigenvalue weighted by Gasteiger charge is -2.31. The van der Waals surface area contributed by atoms with Crippen molar-refractivity contribution in [2.24, 2.45) is 0 Å². The third kappa shape index (κ3) is 2.39. The van der Waals surface area contributed by atoms with E-state index in [0.717, 1.165) is 30.6 Å². The molecule has 1 amide bonds.